The predicted molar refractivity (Wildman–Crippen MR) is 238 cm³/mol. The highest BCUT2D eigenvalue weighted by molar-refractivity contribution is 7.27. The fourth-order valence-corrected chi connectivity index (χ4v) is 10.2. The van der Waals surface area contributed by atoms with E-state index in [9.17, 15) is 0 Å². The van der Waals surface area contributed by atoms with E-state index in [1.807, 2.05) is 23.5 Å². The third-order valence-corrected chi connectivity index (χ3v) is 12.6. The SMILES string of the molecule is c1ccc(-c2cc(-c3ccccc3)nc(-c3ccc(-n4c5c6ccccc6c6ccccc6c5c5c6sc7ccccc7c6c6ccccc6c54)cc3)n2)cc1. The minimum absolute atomic E-state index is 0.702. The minimum atomic E-state index is 0.702. The summed E-state index contributed by atoms with van der Waals surface area (Å²) in [6.07, 6.45) is 0. The Hall–Kier alpha value is -7.14. The topological polar surface area (TPSA) is 30.7 Å². The van der Waals surface area contributed by atoms with Crippen LogP contribution in [0.15, 0.2) is 188 Å². The quantitative estimate of drug-likeness (QED) is 0.169. The number of fused-ring (bicyclic) bond motifs is 15. The normalized spacial score (nSPS) is 11.9. The fraction of sp³-hybridized carbons (Fsp3) is 0. The van der Waals surface area contributed by atoms with Crippen molar-refractivity contribution < 1.29 is 0 Å². The Morgan fingerprint density at radius 2 is 0.821 bits per heavy atom. The van der Waals surface area contributed by atoms with Crippen LogP contribution in [0.1, 0.15) is 0 Å². The number of aromatic nitrogens is 3. The van der Waals surface area contributed by atoms with Crippen molar-refractivity contribution in [1.82, 2.24) is 14.5 Å². The van der Waals surface area contributed by atoms with E-state index in [1.165, 1.54) is 74.3 Å². The molecular formula is C52H31N3S. The number of thiophene rings is 1. The molecule has 12 aromatic rings. The summed E-state index contributed by atoms with van der Waals surface area (Å²) >= 11 is 1.91. The third kappa shape index (κ3) is 4.57. The molecule has 3 aromatic heterocycles. The van der Waals surface area contributed by atoms with Crippen LogP contribution >= 0.6 is 11.3 Å². The Morgan fingerprint density at radius 1 is 0.357 bits per heavy atom. The number of hydrogen-bond acceptors (Lipinski definition) is 3. The van der Waals surface area contributed by atoms with Gasteiger partial charge in [-0.05, 0) is 57.9 Å². The van der Waals surface area contributed by atoms with Crippen LogP contribution in [0.2, 0.25) is 0 Å². The first-order valence-corrected chi connectivity index (χ1v) is 19.8. The Bertz CT molecular complexity index is 3450. The van der Waals surface area contributed by atoms with Gasteiger partial charge in [0.2, 0.25) is 0 Å². The summed E-state index contributed by atoms with van der Waals surface area (Å²) < 4.78 is 5.18. The molecule has 0 unspecified atom stereocenters. The van der Waals surface area contributed by atoms with Crippen LogP contribution in [-0.2, 0) is 0 Å². The summed E-state index contributed by atoms with van der Waals surface area (Å²) in [4.78, 5) is 10.3. The molecule has 0 N–H and O–H groups in total. The van der Waals surface area contributed by atoms with E-state index >= 15 is 0 Å². The molecule has 0 fully saturated rings. The van der Waals surface area contributed by atoms with Crippen molar-refractivity contribution in [3.8, 4) is 39.6 Å². The van der Waals surface area contributed by atoms with Crippen LogP contribution in [0.4, 0.5) is 0 Å². The zero-order valence-electron chi connectivity index (χ0n) is 30.1. The first kappa shape index (κ1) is 31.2. The Morgan fingerprint density at radius 3 is 1.45 bits per heavy atom. The summed E-state index contributed by atoms with van der Waals surface area (Å²) in [6, 6.07) is 67.5. The molecule has 56 heavy (non-hydrogen) atoms. The van der Waals surface area contributed by atoms with E-state index in [0.29, 0.717) is 5.82 Å². The number of hydrogen-bond donors (Lipinski definition) is 0. The zero-order valence-corrected chi connectivity index (χ0v) is 31.0. The summed E-state index contributed by atoms with van der Waals surface area (Å²) in [5.74, 6) is 0.702. The Labute approximate surface area is 326 Å². The van der Waals surface area contributed by atoms with Gasteiger partial charge < -0.3 is 4.57 Å². The van der Waals surface area contributed by atoms with Crippen molar-refractivity contribution in [2.24, 2.45) is 0 Å². The average molecular weight is 730 g/mol. The molecule has 12 rings (SSSR count). The van der Waals surface area contributed by atoms with Crippen molar-refractivity contribution in [2.75, 3.05) is 0 Å². The molecule has 3 heterocycles. The van der Waals surface area contributed by atoms with Crippen LogP contribution in [0.5, 0.6) is 0 Å². The molecule has 9 aromatic carbocycles. The van der Waals surface area contributed by atoms with Gasteiger partial charge in [0.05, 0.1) is 22.4 Å². The lowest BCUT2D eigenvalue weighted by molar-refractivity contribution is 1.17. The third-order valence-electron chi connectivity index (χ3n) is 11.4. The second kappa shape index (κ2) is 12.2. The maximum absolute atomic E-state index is 5.15. The lowest BCUT2D eigenvalue weighted by Crippen LogP contribution is -1.98. The van der Waals surface area contributed by atoms with Crippen molar-refractivity contribution >= 4 is 85.6 Å². The van der Waals surface area contributed by atoms with Gasteiger partial charge in [-0.15, -0.1) is 11.3 Å². The molecule has 0 atom stereocenters. The Balaban J connectivity index is 1.19. The van der Waals surface area contributed by atoms with E-state index in [0.717, 1.165) is 33.8 Å². The van der Waals surface area contributed by atoms with Gasteiger partial charge in [0.25, 0.3) is 0 Å². The highest BCUT2D eigenvalue weighted by atomic mass is 32.1. The van der Waals surface area contributed by atoms with Crippen molar-refractivity contribution in [2.45, 2.75) is 0 Å². The molecule has 0 aliphatic heterocycles. The number of nitrogens with zero attached hydrogens (tertiary/aromatic N) is 3. The smallest absolute Gasteiger partial charge is 0.160 e. The molecule has 0 spiro atoms. The van der Waals surface area contributed by atoms with Crippen LogP contribution in [0.25, 0.3) is 114 Å². The molecule has 0 aliphatic rings. The van der Waals surface area contributed by atoms with Gasteiger partial charge in [-0.1, -0.05) is 152 Å². The molecule has 260 valence electrons. The number of benzene rings is 9. The summed E-state index contributed by atoms with van der Waals surface area (Å²) in [5.41, 5.74) is 8.46. The van der Waals surface area contributed by atoms with Crippen molar-refractivity contribution in [1.29, 1.82) is 0 Å². The minimum Gasteiger partial charge on any atom is -0.308 e. The van der Waals surface area contributed by atoms with Gasteiger partial charge in [0.15, 0.2) is 5.82 Å². The van der Waals surface area contributed by atoms with Crippen molar-refractivity contribution in [3.63, 3.8) is 0 Å². The first-order valence-electron chi connectivity index (χ1n) is 19.0. The molecule has 4 heteroatoms. The van der Waals surface area contributed by atoms with Crippen LogP contribution in [0, 0.1) is 0 Å². The Kier molecular flexibility index (Phi) is 6.80. The lowest BCUT2D eigenvalue weighted by atomic mass is 9.95. The van der Waals surface area contributed by atoms with Gasteiger partial charge >= 0.3 is 0 Å². The maximum atomic E-state index is 5.15. The molecule has 0 radical (unpaired) electrons. The summed E-state index contributed by atoms with van der Waals surface area (Å²) in [7, 11) is 0. The van der Waals surface area contributed by atoms with E-state index in [2.05, 4.69) is 180 Å². The number of rotatable bonds is 4. The van der Waals surface area contributed by atoms with Crippen LogP contribution < -0.4 is 0 Å². The predicted octanol–water partition coefficient (Wildman–Crippen LogP) is 14.4. The van der Waals surface area contributed by atoms with Crippen LogP contribution in [-0.4, -0.2) is 14.5 Å². The van der Waals surface area contributed by atoms with Gasteiger partial charge in [-0.2, -0.15) is 0 Å². The zero-order chi connectivity index (χ0) is 36.7. The molecular weight excluding hydrogens is 699 g/mol. The highest BCUT2D eigenvalue weighted by Crippen LogP contribution is 2.51. The molecule has 0 amide bonds. The molecule has 3 nitrogen and oxygen atoms in total. The van der Waals surface area contributed by atoms with Gasteiger partial charge in [-0.3, -0.25) is 0 Å². The second-order valence-electron chi connectivity index (χ2n) is 14.5. The average Bonchev–Trinajstić information content (AvgIpc) is 3.85. The molecule has 0 bridgehead atoms. The monoisotopic (exact) mass is 729 g/mol. The van der Waals surface area contributed by atoms with Crippen molar-refractivity contribution in [3.05, 3.63) is 188 Å². The maximum Gasteiger partial charge on any atom is 0.160 e. The second-order valence-corrected chi connectivity index (χ2v) is 15.5. The molecule has 0 aliphatic carbocycles. The highest BCUT2D eigenvalue weighted by Gasteiger charge is 2.25. The van der Waals surface area contributed by atoms with Crippen LogP contribution in [0.3, 0.4) is 0 Å². The molecule has 0 saturated carbocycles. The van der Waals surface area contributed by atoms with E-state index in [4.69, 9.17) is 9.97 Å². The van der Waals surface area contributed by atoms with E-state index < -0.39 is 0 Å². The van der Waals surface area contributed by atoms with E-state index in [-0.39, 0.29) is 0 Å². The molecule has 0 saturated heterocycles. The standard InChI is InChI=1S/C52H31N3S/c1-3-15-32(16-4-1)43-31-44(33-17-5-2-6-18-33)54-52(53-43)34-27-29-35(30-28-34)55-49-40-23-11-8-20-37(40)36-19-7-9-21-38(36)47(49)48-50(55)41-24-12-10-22-39(41)46-42-25-13-14-26-45(42)56-51(46)48/h1-31H. The lowest BCUT2D eigenvalue weighted by Gasteiger charge is -2.14. The fourth-order valence-electron chi connectivity index (χ4n) is 8.93. The van der Waals surface area contributed by atoms with Gasteiger partial charge in [0, 0.05) is 64.1 Å². The largest absolute Gasteiger partial charge is 0.308 e. The van der Waals surface area contributed by atoms with Gasteiger partial charge in [-0.25, -0.2) is 9.97 Å². The summed E-state index contributed by atoms with van der Waals surface area (Å²) in [5, 5.41) is 12.8. The van der Waals surface area contributed by atoms with E-state index in [1.54, 1.807) is 0 Å². The van der Waals surface area contributed by atoms with Gasteiger partial charge in [0.1, 0.15) is 0 Å². The first-order chi connectivity index (χ1) is 27.8. The summed E-state index contributed by atoms with van der Waals surface area (Å²) in [6.45, 7) is 0.